The highest BCUT2D eigenvalue weighted by Crippen LogP contribution is 2.35. The molecule has 0 fully saturated rings. The van der Waals surface area contributed by atoms with E-state index in [9.17, 15) is 19.8 Å². The van der Waals surface area contributed by atoms with E-state index in [4.69, 9.17) is 18.9 Å². The van der Waals surface area contributed by atoms with Crippen LogP contribution in [-0.4, -0.2) is 49.2 Å². The van der Waals surface area contributed by atoms with E-state index in [0.29, 0.717) is 74.8 Å². The van der Waals surface area contributed by atoms with Crippen molar-refractivity contribution >= 4 is 12.6 Å². The number of aromatic hydroxyl groups is 2. The molecule has 0 aliphatic rings. The number of carbonyl (C=O) groups is 2. The van der Waals surface area contributed by atoms with Crippen LogP contribution >= 0.6 is 0 Å². The molecule has 8 heteroatoms. The fraction of sp³-hybridized carbons (Fsp3) is 0.412. The molecule has 0 aliphatic heterocycles. The molecule has 0 unspecified atom stereocenters. The average molecular weight is 579 g/mol. The zero-order chi connectivity index (χ0) is 30.9. The van der Waals surface area contributed by atoms with Crippen molar-refractivity contribution in [2.45, 2.75) is 65.6 Å². The van der Waals surface area contributed by atoms with Gasteiger partial charge >= 0.3 is 0 Å². The number of phenolic OH excluding ortho intramolecular Hbond substituents is 2. The van der Waals surface area contributed by atoms with E-state index in [1.54, 1.807) is 12.1 Å². The summed E-state index contributed by atoms with van der Waals surface area (Å²) in [6.45, 7) is 13.9. The number of phenols is 2. The lowest BCUT2D eigenvalue weighted by atomic mass is 9.84. The van der Waals surface area contributed by atoms with Gasteiger partial charge in [-0.05, 0) is 70.5 Å². The first kappa shape index (κ1) is 32.6. The van der Waals surface area contributed by atoms with Crippen molar-refractivity contribution in [2.24, 2.45) is 0 Å². The van der Waals surface area contributed by atoms with Crippen LogP contribution in [0.5, 0.6) is 23.0 Å². The first-order valence-corrected chi connectivity index (χ1v) is 14.0. The zero-order valence-corrected chi connectivity index (χ0v) is 25.4. The summed E-state index contributed by atoms with van der Waals surface area (Å²) in [7, 11) is 0. The van der Waals surface area contributed by atoms with E-state index in [1.165, 1.54) is 0 Å². The third-order valence-corrected chi connectivity index (χ3v) is 6.62. The first-order valence-electron chi connectivity index (χ1n) is 14.0. The second kappa shape index (κ2) is 14.3. The Morgan fingerprint density at radius 3 is 1.26 bits per heavy atom. The Kier molecular flexibility index (Phi) is 11.1. The Balaban J connectivity index is 1.39. The number of carbonyl (C=O) groups excluding carboxylic acids is 2. The number of ether oxygens (including phenoxy) is 4. The molecule has 3 aromatic rings. The van der Waals surface area contributed by atoms with Gasteiger partial charge in [-0.3, -0.25) is 9.59 Å². The van der Waals surface area contributed by atoms with Crippen molar-refractivity contribution in [3.63, 3.8) is 0 Å². The van der Waals surface area contributed by atoms with Gasteiger partial charge in [0.05, 0.1) is 37.6 Å². The molecule has 0 atom stereocenters. The summed E-state index contributed by atoms with van der Waals surface area (Å²) in [4.78, 5) is 22.7. The normalized spacial score (nSPS) is 11.8. The minimum atomic E-state index is -0.309. The highest BCUT2D eigenvalue weighted by Gasteiger charge is 2.22. The number of benzene rings is 3. The summed E-state index contributed by atoms with van der Waals surface area (Å²) in [6.07, 6.45) is 1.31. The van der Waals surface area contributed by atoms with Crippen molar-refractivity contribution in [3.05, 3.63) is 81.9 Å². The van der Waals surface area contributed by atoms with Crippen molar-refractivity contribution < 1.29 is 38.7 Å². The van der Waals surface area contributed by atoms with E-state index in [-0.39, 0.29) is 33.5 Å². The van der Waals surface area contributed by atoms with Crippen LogP contribution in [0.15, 0.2) is 48.5 Å². The second-order valence-electron chi connectivity index (χ2n) is 12.2. The number of rotatable bonds is 14. The molecule has 0 heterocycles. The molecular weight excluding hydrogens is 536 g/mol. The molecule has 42 heavy (non-hydrogen) atoms. The Morgan fingerprint density at radius 2 is 0.952 bits per heavy atom. The van der Waals surface area contributed by atoms with Gasteiger partial charge in [0.2, 0.25) is 0 Å². The molecule has 3 aromatic carbocycles. The van der Waals surface area contributed by atoms with Crippen LogP contribution in [0.3, 0.4) is 0 Å². The molecule has 0 saturated carbocycles. The summed E-state index contributed by atoms with van der Waals surface area (Å²) in [6, 6.07) is 14.3. The van der Waals surface area contributed by atoms with E-state index in [2.05, 4.69) is 0 Å². The predicted octanol–water partition coefficient (Wildman–Crippen LogP) is 6.51. The van der Waals surface area contributed by atoms with Gasteiger partial charge < -0.3 is 29.2 Å². The lowest BCUT2D eigenvalue weighted by Gasteiger charge is -2.22. The van der Waals surface area contributed by atoms with Gasteiger partial charge in [0.15, 0.2) is 12.6 Å². The van der Waals surface area contributed by atoms with E-state index < -0.39 is 0 Å². The predicted molar refractivity (Wildman–Crippen MR) is 161 cm³/mol. The van der Waals surface area contributed by atoms with Gasteiger partial charge in [-0.1, -0.05) is 41.5 Å². The smallest absolute Gasteiger partial charge is 0.153 e. The Hall–Kier alpha value is -3.88. The van der Waals surface area contributed by atoms with Gasteiger partial charge in [0.1, 0.15) is 36.2 Å². The standard InChI is InChI=1S/C34H42O8/c1-33(2,3)29-17-23(15-25(19-35)31(29)37)21-39-11-13-41-27-7-9-28(10-8-27)42-14-12-40-22-24-16-26(20-36)32(38)30(18-24)34(4,5)6/h7-10,15-20,37-38H,11-14,21-22H2,1-6H3. The monoisotopic (exact) mass is 578 g/mol. The second-order valence-corrected chi connectivity index (χ2v) is 12.2. The van der Waals surface area contributed by atoms with E-state index >= 15 is 0 Å². The summed E-state index contributed by atoms with van der Waals surface area (Å²) >= 11 is 0. The van der Waals surface area contributed by atoms with Crippen LogP contribution in [0, 0.1) is 0 Å². The molecule has 226 valence electrons. The average Bonchev–Trinajstić information content (AvgIpc) is 2.93. The molecule has 0 amide bonds. The van der Waals surface area contributed by atoms with E-state index in [1.807, 2.05) is 77.9 Å². The molecule has 0 aliphatic carbocycles. The van der Waals surface area contributed by atoms with Gasteiger partial charge in [0, 0.05) is 11.1 Å². The highest BCUT2D eigenvalue weighted by atomic mass is 16.5. The summed E-state index contributed by atoms with van der Waals surface area (Å²) < 4.78 is 23.0. The number of hydrogen-bond donors (Lipinski definition) is 2. The Labute approximate surface area is 248 Å². The quantitative estimate of drug-likeness (QED) is 0.165. The first-order chi connectivity index (χ1) is 19.8. The lowest BCUT2D eigenvalue weighted by Crippen LogP contribution is -2.13. The fourth-order valence-electron chi connectivity index (χ4n) is 4.38. The minimum Gasteiger partial charge on any atom is -0.507 e. The van der Waals surface area contributed by atoms with Crippen LogP contribution in [0.1, 0.15) is 84.5 Å². The number of aldehydes is 2. The fourth-order valence-corrected chi connectivity index (χ4v) is 4.38. The maximum Gasteiger partial charge on any atom is 0.153 e. The van der Waals surface area contributed by atoms with Gasteiger partial charge in [-0.15, -0.1) is 0 Å². The van der Waals surface area contributed by atoms with Gasteiger partial charge in [-0.25, -0.2) is 0 Å². The maximum absolute atomic E-state index is 11.4. The highest BCUT2D eigenvalue weighted by molar-refractivity contribution is 5.81. The molecule has 0 spiro atoms. The van der Waals surface area contributed by atoms with Crippen LogP contribution < -0.4 is 9.47 Å². The molecule has 3 rings (SSSR count). The molecule has 0 bridgehead atoms. The largest absolute Gasteiger partial charge is 0.507 e. The van der Waals surface area contributed by atoms with E-state index in [0.717, 1.165) is 11.1 Å². The summed E-state index contributed by atoms with van der Waals surface area (Å²) in [5, 5.41) is 20.7. The molecule has 0 aromatic heterocycles. The van der Waals surface area contributed by atoms with Crippen molar-refractivity contribution in [1.29, 1.82) is 0 Å². The molecule has 8 nitrogen and oxygen atoms in total. The van der Waals surface area contributed by atoms with Crippen LogP contribution in [-0.2, 0) is 33.5 Å². The molecule has 0 radical (unpaired) electrons. The van der Waals surface area contributed by atoms with Crippen LogP contribution in [0.4, 0.5) is 0 Å². The summed E-state index contributed by atoms with van der Waals surface area (Å²) in [5.74, 6) is 1.39. The molecular formula is C34H42O8. The maximum atomic E-state index is 11.4. The molecule has 0 saturated heterocycles. The third kappa shape index (κ3) is 9.06. The van der Waals surface area contributed by atoms with Crippen molar-refractivity contribution in [3.8, 4) is 23.0 Å². The third-order valence-electron chi connectivity index (χ3n) is 6.62. The minimum absolute atomic E-state index is 0.0162. The summed E-state index contributed by atoms with van der Waals surface area (Å²) in [5.41, 5.74) is 2.93. The van der Waals surface area contributed by atoms with Crippen LogP contribution in [0.25, 0.3) is 0 Å². The Bertz CT molecular complexity index is 1240. The van der Waals surface area contributed by atoms with Gasteiger partial charge in [-0.2, -0.15) is 0 Å². The van der Waals surface area contributed by atoms with Crippen molar-refractivity contribution in [2.75, 3.05) is 26.4 Å². The van der Waals surface area contributed by atoms with Crippen LogP contribution in [0.2, 0.25) is 0 Å². The Morgan fingerprint density at radius 1 is 0.595 bits per heavy atom. The lowest BCUT2D eigenvalue weighted by molar-refractivity contribution is 0.0876. The molecule has 2 N–H and O–H groups in total. The van der Waals surface area contributed by atoms with Crippen molar-refractivity contribution in [1.82, 2.24) is 0 Å². The number of hydrogen-bond acceptors (Lipinski definition) is 8. The SMILES string of the molecule is CC(C)(C)c1cc(COCCOc2ccc(OCCOCc3cc(C=O)c(O)c(C(C)(C)C)c3)cc2)cc(C=O)c1O. The zero-order valence-electron chi connectivity index (χ0n) is 25.4. The topological polar surface area (TPSA) is 112 Å². The van der Waals surface area contributed by atoms with Gasteiger partial charge in [0.25, 0.3) is 0 Å².